The molecule has 0 atom stereocenters. The van der Waals surface area contributed by atoms with Crippen LogP contribution in [0.15, 0.2) is 48.8 Å². The lowest BCUT2D eigenvalue weighted by Crippen LogP contribution is -2.32. The number of carbonyl (C=O) groups is 1. The molecule has 3 nitrogen and oxygen atoms in total. The van der Waals surface area contributed by atoms with Crippen molar-refractivity contribution in [1.29, 1.82) is 0 Å². The van der Waals surface area contributed by atoms with Crippen LogP contribution in [0.25, 0.3) is 0 Å². The molecule has 0 saturated heterocycles. The fraction of sp³-hybridized carbons (Fsp3) is 0.250. The van der Waals surface area contributed by atoms with Gasteiger partial charge in [0.05, 0.1) is 0 Å². The fourth-order valence-electron chi connectivity index (χ4n) is 2.44. The Morgan fingerprint density at radius 2 is 1.90 bits per heavy atom. The molecule has 0 bridgehead atoms. The van der Waals surface area contributed by atoms with Gasteiger partial charge in [-0.15, -0.1) is 0 Å². The number of hydrogen-bond donors (Lipinski definition) is 1. The molecule has 1 N–H and O–H groups in total. The SMILES string of the molecule is O=C(NCC1(c2ccccc2F)CC1)c1ccncc1. The molecule has 1 aliphatic carbocycles. The molecule has 0 aliphatic heterocycles. The summed E-state index contributed by atoms with van der Waals surface area (Å²) in [5.74, 6) is -0.335. The zero-order valence-corrected chi connectivity index (χ0v) is 11.0. The van der Waals surface area contributed by atoms with E-state index in [-0.39, 0.29) is 17.1 Å². The van der Waals surface area contributed by atoms with E-state index in [0.29, 0.717) is 17.7 Å². The number of nitrogens with zero attached hydrogens (tertiary/aromatic N) is 1. The highest BCUT2D eigenvalue weighted by atomic mass is 19.1. The molecule has 1 aromatic heterocycles. The van der Waals surface area contributed by atoms with Crippen LogP contribution in [0.5, 0.6) is 0 Å². The van der Waals surface area contributed by atoms with E-state index in [2.05, 4.69) is 10.3 Å². The number of aromatic nitrogens is 1. The van der Waals surface area contributed by atoms with Gasteiger partial charge in [-0.25, -0.2) is 4.39 Å². The molecule has 0 spiro atoms. The zero-order valence-electron chi connectivity index (χ0n) is 11.0. The third kappa shape index (κ3) is 2.41. The van der Waals surface area contributed by atoms with Crippen molar-refractivity contribution in [2.75, 3.05) is 6.54 Å². The van der Waals surface area contributed by atoms with Gasteiger partial charge in [0.1, 0.15) is 5.82 Å². The molecular weight excluding hydrogens is 255 g/mol. The van der Waals surface area contributed by atoms with Crippen LogP contribution in [0.2, 0.25) is 0 Å². The van der Waals surface area contributed by atoms with Crippen LogP contribution in [0, 0.1) is 5.82 Å². The van der Waals surface area contributed by atoms with Crippen molar-refractivity contribution in [3.63, 3.8) is 0 Å². The lowest BCUT2D eigenvalue weighted by molar-refractivity contribution is 0.0949. The molecule has 1 heterocycles. The Balaban J connectivity index is 1.70. The second-order valence-corrected chi connectivity index (χ2v) is 5.18. The molecule has 1 aromatic carbocycles. The topological polar surface area (TPSA) is 42.0 Å². The van der Waals surface area contributed by atoms with Gasteiger partial charge in [-0.1, -0.05) is 18.2 Å². The van der Waals surface area contributed by atoms with Crippen molar-refractivity contribution in [1.82, 2.24) is 10.3 Å². The standard InChI is InChI=1S/C16H15FN2O/c17-14-4-2-1-3-13(14)16(7-8-16)11-19-15(20)12-5-9-18-10-6-12/h1-6,9-10H,7-8,11H2,(H,19,20). The van der Waals surface area contributed by atoms with Crippen molar-refractivity contribution in [3.8, 4) is 0 Å². The molecule has 1 saturated carbocycles. The van der Waals surface area contributed by atoms with Crippen molar-refractivity contribution in [3.05, 3.63) is 65.7 Å². The highest BCUT2D eigenvalue weighted by Gasteiger charge is 2.45. The number of amides is 1. The third-order valence-corrected chi connectivity index (χ3v) is 3.83. The van der Waals surface area contributed by atoms with E-state index < -0.39 is 0 Å². The van der Waals surface area contributed by atoms with Gasteiger partial charge in [0.15, 0.2) is 0 Å². The third-order valence-electron chi connectivity index (χ3n) is 3.83. The van der Waals surface area contributed by atoms with E-state index in [1.807, 2.05) is 6.07 Å². The highest BCUT2D eigenvalue weighted by molar-refractivity contribution is 5.94. The summed E-state index contributed by atoms with van der Waals surface area (Å²) < 4.78 is 13.9. The summed E-state index contributed by atoms with van der Waals surface area (Å²) in [6.45, 7) is 0.467. The highest BCUT2D eigenvalue weighted by Crippen LogP contribution is 2.48. The number of hydrogen-bond acceptors (Lipinski definition) is 2. The summed E-state index contributed by atoms with van der Waals surface area (Å²) >= 11 is 0. The normalized spacial score (nSPS) is 15.7. The first-order valence-electron chi connectivity index (χ1n) is 6.65. The van der Waals surface area contributed by atoms with Crippen LogP contribution < -0.4 is 5.32 Å². The lowest BCUT2D eigenvalue weighted by Gasteiger charge is -2.17. The lowest BCUT2D eigenvalue weighted by atomic mass is 9.95. The summed E-state index contributed by atoms with van der Waals surface area (Å²) in [6, 6.07) is 10.1. The average molecular weight is 270 g/mol. The molecule has 1 aliphatic rings. The number of benzene rings is 1. The molecule has 0 radical (unpaired) electrons. The van der Waals surface area contributed by atoms with Gasteiger partial charge in [0.2, 0.25) is 0 Å². The molecule has 20 heavy (non-hydrogen) atoms. The maximum Gasteiger partial charge on any atom is 0.251 e. The first-order chi connectivity index (χ1) is 9.71. The van der Waals surface area contributed by atoms with Crippen LogP contribution in [-0.4, -0.2) is 17.4 Å². The van der Waals surface area contributed by atoms with E-state index >= 15 is 0 Å². The van der Waals surface area contributed by atoms with Crippen LogP contribution >= 0.6 is 0 Å². The van der Waals surface area contributed by atoms with Crippen molar-refractivity contribution in [2.45, 2.75) is 18.3 Å². The van der Waals surface area contributed by atoms with Gasteiger partial charge in [-0.2, -0.15) is 0 Å². The fourth-order valence-corrected chi connectivity index (χ4v) is 2.44. The predicted molar refractivity (Wildman–Crippen MR) is 73.9 cm³/mol. The Morgan fingerprint density at radius 3 is 2.55 bits per heavy atom. The summed E-state index contributed by atoms with van der Waals surface area (Å²) in [4.78, 5) is 15.9. The van der Waals surface area contributed by atoms with Crippen LogP contribution in [0.3, 0.4) is 0 Å². The largest absolute Gasteiger partial charge is 0.351 e. The second-order valence-electron chi connectivity index (χ2n) is 5.18. The minimum absolute atomic E-state index is 0.144. The molecule has 4 heteroatoms. The van der Waals surface area contributed by atoms with E-state index in [4.69, 9.17) is 0 Å². The Morgan fingerprint density at radius 1 is 1.20 bits per heavy atom. The van der Waals surface area contributed by atoms with Crippen LogP contribution in [-0.2, 0) is 5.41 Å². The first kappa shape index (κ1) is 12.8. The smallest absolute Gasteiger partial charge is 0.251 e. The van der Waals surface area contributed by atoms with Crippen LogP contribution in [0.4, 0.5) is 4.39 Å². The molecule has 2 aromatic rings. The maximum atomic E-state index is 13.9. The van der Waals surface area contributed by atoms with E-state index in [1.54, 1.807) is 36.7 Å². The quantitative estimate of drug-likeness (QED) is 0.928. The Bertz CT molecular complexity index is 623. The number of carbonyl (C=O) groups excluding carboxylic acids is 1. The molecule has 102 valence electrons. The molecule has 3 rings (SSSR count). The van der Waals surface area contributed by atoms with Gasteiger partial charge in [-0.05, 0) is 36.6 Å². The number of pyridine rings is 1. The van der Waals surface area contributed by atoms with Crippen molar-refractivity contribution >= 4 is 5.91 Å². The first-order valence-corrected chi connectivity index (χ1v) is 6.65. The van der Waals surface area contributed by atoms with Crippen molar-refractivity contribution in [2.24, 2.45) is 0 Å². The number of nitrogens with one attached hydrogen (secondary N) is 1. The maximum absolute atomic E-state index is 13.9. The van der Waals surface area contributed by atoms with E-state index in [1.165, 1.54) is 6.07 Å². The monoisotopic (exact) mass is 270 g/mol. The average Bonchev–Trinajstić information content (AvgIpc) is 3.27. The predicted octanol–water partition coefficient (Wildman–Crippen LogP) is 2.68. The Kier molecular flexibility index (Phi) is 3.22. The van der Waals surface area contributed by atoms with Gasteiger partial charge in [-0.3, -0.25) is 9.78 Å². The van der Waals surface area contributed by atoms with Gasteiger partial charge < -0.3 is 5.32 Å². The summed E-state index contributed by atoms with van der Waals surface area (Å²) in [5.41, 5.74) is 1.05. The van der Waals surface area contributed by atoms with Gasteiger partial charge in [0, 0.05) is 29.9 Å². The van der Waals surface area contributed by atoms with E-state index in [9.17, 15) is 9.18 Å². The summed E-state index contributed by atoms with van der Waals surface area (Å²) in [7, 11) is 0. The molecular formula is C16H15FN2O. The van der Waals surface area contributed by atoms with Crippen LogP contribution in [0.1, 0.15) is 28.8 Å². The van der Waals surface area contributed by atoms with Crippen molar-refractivity contribution < 1.29 is 9.18 Å². The summed E-state index contributed by atoms with van der Waals surface area (Å²) in [6.07, 6.45) is 4.98. The zero-order chi connectivity index (χ0) is 14.0. The Labute approximate surface area is 116 Å². The second kappa shape index (κ2) is 5.04. The van der Waals surface area contributed by atoms with Gasteiger partial charge in [0.25, 0.3) is 5.91 Å². The molecule has 0 unspecified atom stereocenters. The van der Waals surface area contributed by atoms with Gasteiger partial charge >= 0.3 is 0 Å². The Hall–Kier alpha value is -2.23. The molecule has 1 amide bonds. The summed E-state index contributed by atoms with van der Waals surface area (Å²) in [5, 5.41) is 2.89. The molecule has 1 fully saturated rings. The van der Waals surface area contributed by atoms with E-state index in [0.717, 1.165) is 12.8 Å². The number of halogens is 1. The number of rotatable bonds is 4. The minimum Gasteiger partial charge on any atom is -0.351 e. The minimum atomic E-state index is -0.228.